The van der Waals surface area contributed by atoms with Gasteiger partial charge in [0.1, 0.15) is 0 Å². The Balaban J connectivity index is 0.000000258. The first-order valence-electron chi connectivity index (χ1n) is 5.55. The molecule has 1 saturated heterocycles. The van der Waals surface area contributed by atoms with Crippen LogP contribution in [-0.4, -0.2) is 41.8 Å². The number of hydrogen-bond acceptors (Lipinski definition) is 4. The molecule has 0 spiro atoms. The van der Waals surface area contributed by atoms with Gasteiger partial charge in [-0.05, 0) is 6.07 Å². The third-order valence-electron chi connectivity index (χ3n) is 2.36. The van der Waals surface area contributed by atoms with Crippen molar-refractivity contribution in [2.24, 2.45) is 0 Å². The quantitative estimate of drug-likeness (QED) is 0.671. The van der Waals surface area contributed by atoms with Gasteiger partial charge in [0.25, 0.3) is 0 Å². The van der Waals surface area contributed by atoms with E-state index in [0.29, 0.717) is 0 Å². The highest BCUT2D eigenvalue weighted by molar-refractivity contribution is 6.31. The average molecular weight is 288 g/mol. The van der Waals surface area contributed by atoms with Gasteiger partial charge >= 0.3 is 11.9 Å². The van der Waals surface area contributed by atoms with Gasteiger partial charge in [0.05, 0.1) is 12.7 Å². The van der Waals surface area contributed by atoms with Crippen molar-refractivity contribution < 1.29 is 24.5 Å². The summed E-state index contributed by atoms with van der Waals surface area (Å²) in [6.07, 6.45) is 0.113. The molecule has 1 heterocycles. The second kappa shape index (κ2) is 7.73. The van der Waals surface area contributed by atoms with Crippen LogP contribution in [0.3, 0.4) is 0 Å². The van der Waals surface area contributed by atoms with Crippen LogP contribution in [0.1, 0.15) is 11.7 Å². The lowest BCUT2D eigenvalue weighted by Gasteiger charge is -2.24. The summed E-state index contributed by atoms with van der Waals surface area (Å²) < 4.78 is 5.60. The first-order chi connectivity index (χ1) is 9.02. The van der Waals surface area contributed by atoms with E-state index in [1.54, 1.807) is 0 Å². The van der Waals surface area contributed by atoms with Gasteiger partial charge in [-0.1, -0.05) is 29.8 Å². The topological polar surface area (TPSA) is 95.9 Å². The molecule has 2 rings (SSSR count). The third kappa shape index (κ3) is 5.25. The van der Waals surface area contributed by atoms with Crippen molar-refractivity contribution in [3.63, 3.8) is 0 Å². The van der Waals surface area contributed by atoms with Gasteiger partial charge in [-0.25, -0.2) is 9.59 Å². The fourth-order valence-corrected chi connectivity index (χ4v) is 1.76. The molecule has 6 nitrogen and oxygen atoms in total. The van der Waals surface area contributed by atoms with Crippen LogP contribution in [0, 0.1) is 0 Å². The van der Waals surface area contributed by atoms with Gasteiger partial charge in [-0.2, -0.15) is 0 Å². The molecule has 7 heteroatoms. The molecule has 0 aromatic heterocycles. The molecule has 1 unspecified atom stereocenters. The third-order valence-corrected chi connectivity index (χ3v) is 2.71. The summed E-state index contributed by atoms with van der Waals surface area (Å²) in [7, 11) is 0. The van der Waals surface area contributed by atoms with Crippen molar-refractivity contribution >= 4 is 23.5 Å². The van der Waals surface area contributed by atoms with Crippen molar-refractivity contribution in [2.45, 2.75) is 6.10 Å². The number of hydrogen-bond donors (Lipinski definition) is 3. The van der Waals surface area contributed by atoms with E-state index in [1.807, 2.05) is 24.3 Å². The number of carbonyl (C=O) groups is 2. The molecule has 1 fully saturated rings. The first-order valence-corrected chi connectivity index (χ1v) is 5.93. The zero-order valence-corrected chi connectivity index (χ0v) is 10.8. The lowest BCUT2D eigenvalue weighted by atomic mass is 10.1. The Morgan fingerprint density at radius 2 is 1.89 bits per heavy atom. The maximum Gasteiger partial charge on any atom is 0.414 e. The number of carboxylic acids is 2. The summed E-state index contributed by atoms with van der Waals surface area (Å²) in [5, 5.41) is 18.8. The van der Waals surface area contributed by atoms with Gasteiger partial charge in [-0.3, -0.25) is 0 Å². The van der Waals surface area contributed by atoms with Gasteiger partial charge in [-0.15, -0.1) is 0 Å². The van der Waals surface area contributed by atoms with E-state index >= 15 is 0 Å². The van der Waals surface area contributed by atoms with Crippen LogP contribution in [0.2, 0.25) is 5.02 Å². The minimum Gasteiger partial charge on any atom is -0.473 e. The summed E-state index contributed by atoms with van der Waals surface area (Å²) in [6.45, 7) is 2.54. The summed E-state index contributed by atoms with van der Waals surface area (Å²) in [6, 6.07) is 7.83. The molecule has 0 radical (unpaired) electrons. The Kier molecular flexibility index (Phi) is 6.27. The maximum absolute atomic E-state index is 9.10. The maximum atomic E-state index is 9.10. The molecule has 1 aromatic rings. The molecule has 1 aliphatic rings. The van der Waals surface area contributed by atoms with E-state index in [9.17, 15) is 0 Å². The Morgan fingerprint density at radius 1 is 1.26 bits per heavy atom. The van der Waals surface area contributed by atoms with Gasteiger partial charge in [0.15, 0.2) is 0 Å². The van der Waals surface area contributed by atoms with Crippen molar-refractivity contribution in [3.8, 4) is 0 Å². The van der Waals surface area contributed by atoms with Crippen LogP contribution in [0.4, 0.5) is 0 Å². The largest absolute Gasteiger partial charge is 0.473 e. The van der Waals surface area contributed by atoms with E-state index in [2.05, 4.69) is 5.32 Å². The fourth-order valence-electron chi connectivity index (χ4n) is 1.50. The number of halogens is 1. The standard InChI is InChI=1S/C10H12ClNO.C2H2O4/c11-9-4-2-1-3-8(9)10-7-12-5-6-13-10;3-1(4)2(5)6/h1-4,10,12H,5-7H2;(H,3,4)(H,5,6). The van der Waals surface area contributed by atoms with Crippen LogP contribution in [0.15, 0.2) is 24.3 Å². The molecular weight excluding hydrogens is 274 g/mol. The minimum absolute atomic E-state index is 0.113. The Hall–Kier alpha value is -1.63. The van der Waals surface area contributed by atoms with Crippen LogP contribution >= 0.6 is 11.6 Å². The highest BCUT2D eigenvalue weighted by atomic mass is 35.5. The molecule has 104 valence electrons. The molecule has 1 atom stereocenters. The van der Waals surface area contributed by atoms with E-state index in [-0.39, 0.29) is 6.10 Å². The second-order valence-corrected chi connectivity index (χ2v) is 4.10. The molecule has 3 N–H and O–H groups in total. The smallest absolute Gasteiger partial charge is 0.414 e. The van der Waals surface area contributed by atoms with E-state index < -0.39 is 11.9 Å². The number of carboxylic acid groups (broad SMARTS) is 2. The van der Waals surface area contributed by atoms with Crippen LogP contribution in [0.25, 0.3) is 0 Å². The number of benzene rings is 1. The molecule has 1 aliphatic heterocycles. The predicted octanol–water partition coefficient (Wildman–Crippen LogP) is 1.16. The molecule has 1 aromatic carbocycles. The summed E-state index contributed by atoms with van der Waals surface area (Å²) in [5.74, 6) is -3.65. The average Bonchev–Trinajstić information content (AvgIpc) is 2.41. The zero-order chi connectivity index (χ0) is 14.3. The van der Waals surface area contributed by atoms with Crippen LogP contribution in [0.5, 0.6) is 0 Å². The van der Waals surface area contributed by atoms with Gasteiger partial charge in [0.2, 0.25) is 0 Å². The van der Waals surface area contributed by atoms with Crippen molar-refractivity contribution in [1.82, 2.24) is 5.32 Å². The van der Waals surface area contributed by atoms with Crippen molar-refractivity contribution in [3.05, 3.63) is 34.9 Å². The SMILES string of the molecule is Clc1ccccc1C1CNCCO1.O=C(O)C(=O)O. The van der Waals surface area contributed by atoms with Gasteiger partial charge in [0, 0.05) is 23.7 Å². The highest BCUT2D eigenvalue weighted by Crippen LogP contribution is 2.25. The lowest BCUT2D eigenvalue weighted by Crippen LogP contribution is -2.33. The van der Waals surface area contributed by atoms with E-state index in [0.717, 1.165) is 30.3 Å². The summed E-state index contributed by atoms with van der Waals surface area (Å²) >= 11 is 6.05. The number of morpholine rings is 1. The predicted molar refractivity (Wildman–Crippen MR) is 68.3 cm³/mol. The van der Waals surface area contributed by atoms with Gasteiger partial charge < -0.3 is 20.3 Å². The molecular formula is C12H14ClNO5. The molecule has 19 heavy (non-hydrogen) atoms. The first kappa shape index (κ1) is 15.4. The van der Waals surface area contributed by atoms with Crippen molar-refractivity contribution in [2.75, 3.05) is 19.7 Å². The lowest BCUT2D eigenvalue weighted by molar-refractivity contribution is -0.159. The Morgan fingerprint density at radius 3 is 2.37 bits per heavy atom. The van der Waals surface area contributed by atoms with Crippen molar-refractivity contribution in [1.29, 1.82) is 0 Å². The molecule has 0 saturated carbocycles. The molecule has 0 amide bonds. The van der Waals surface area contributed by atoms with Crippen LogP contribution in [-0.2, 0) is 14.3 Å². The van der Waals surface area contributed by atoms with Crippen LogP contribution < -0.4 is 5.32 Å². The monoisotopic (exact) mass is 287 g/mol. The fraction of sp³-hybridized carbons (Fsp3) is 0.333. The highest BCUT2D eigenvalue weighted by Gasteiger charge is 2.17. The Labute approximate surface area is 114 Å². The number of rotatable bonds is 1. The number of ether oxygens (including phenoxy) is 1. The summed E-state index contributed by atoms with van der Waals surface area (Å²) in [5.41, 5.74) is 1.08. The Bertz CT molecular complexity index is 434. The number of nitrogens with one attached hydrogen (secondary N) is 1. The summed E-state index contributed by atoms with van der Waals surface area (Å²) in [4.78, 5) is 18.2. The normalized spacial score (nSPS) is 18.1. The second-order valence-electron chi connectivity index (χ2n) is 3.70. The zero-order valence-electron chi connectivity index (χ0n) is 10.0. The molecule has 0 bridgehead atoms. The number of aliphatic carboxylic acids is 2. The minimum atomic E-state index is -1.82. The van der Waals surface area contributed by atoms with E-state index in [1.165, 1.54) is 0 Å². The molecule has 0 aliphatic carbocycles. The van der Waals surface area contributed by atoms with E-state index in [4.69, 9.17) is 36.1 Å².